The number of nitrogens with one attached hydrogen (secondary N) is 2. The third-order valence-corrected chi connectivity index (χ3v) is 6.32. The minimum Gasteiger partial charge on any atom is -0.351 e. The van der Waals surface area contributed by atoms with Crippen LogP contribution < -0.4 is 15.5 Å². The highest BCUT2D eigenvalue weighted by Crippen LogP contribution is 2.57. The van der Waals surface area contributed by atoms with Crippen molar-refractivity contribution >= 4 is 23.4 Å². The lowest BCUT2D eigenvalue weighted by molar-refractivity contribution is -0.125. The second-order valence-corrected chi connectivity index (χ2v) is 8.22. The minimum atomic E-state index is -2.90. The van der Waals surface area contributed by atoms with Crippen molar-refractivity contribution in [1.29, 1.82) is 0 Å². The fourth-order valence-electron chi connectivity index (χ4n) is 4.40. The Kier molecular flexibility index (Phi) is 3.66. The van der Waals surface area contributed by atoms with Gasteiger partial charge >= 0.3 is 0 Å². The smallest absolute Gasteiger partial charge is 0.260 e. The van der Waals surface area contributed by atoms with Gasteiger partial charge in [-0.3, -0.25) is 9.48 Å². The van der Waals surface area contributed by atoms with E-state index < -0.39 is 35.5 Å². The highest BCUT2D eigenvalue weighted by molar-refractivity contribution is 5.84. The molecule has 0 spiro atoms. The van der Waals surface area contributed by atoms with E-state index in [0.29, 0.717) is 18.8 Å². The fraction of sp³-hybridized carbons (Fsp3) is 0.556. The van der Waals surface area contributed by atoms with Gasteiger partial charge in [0, 0.05) is 38.7 Å². The van der Waals surface area contributed by atoms with Crippen LogP contribution in [0.4, 0.5) is 30.6 Å². The molecule has 1 aliphatic heterocycles. The number of carbonyl (C=O) groups excluding carboxylic acids is 1. The van der Waals surface area contributed by atoms with Gasteiger partial charge in [0.05, 0.1) is 23.6 Å². The topological polar surface area (TPSA) is 88.0 Å². The van der Waals surface area contributed by atoms with E-state index >= 15 is 0 Å². The molecule has 2 saturated carbocycles. The van der Waals surface area contributed by atoms with Gasteiger partial charge in [0.1, 0.15) is 5.92 Å². The number of piperidine rings is 1. The molecule has 1 amide bonds. The molecule has 2 aromatic heterocycles. The summed E-state index contributed by atoms with van der Waals surface area (Å²) in [7, 11) is 1.77. The second kappa shape index (κ2) is 5.83. The SMILES string of the molecule is C[C@@H]1[C@@H]2CN(c3nc(Nc4cnn(C)c4)ncc3F)C[C@@]12NC(=O)[C@@H]1CC1(F)F. The van der Waals surface area contributed by atoms with E-state index in [1.165, 1.54) is 0 Å². The van der Waals surface area contributed by atoms with E-state index in [9.17, 15) is 18.0 Å². The first-order chi connectivity index (χ1) is 13.7. The van der Waals surface area contributed by atoms with Crippen molar-refractivity contribution in [3.8, 4) is 0 Å². The summed E-state index contributed by atoms with van der Waals surface area (Å²) in [6.07, 6.45) is 4.01. The van der Waals surface area contributed by atoms with Crippen LogP contribution >= 0.6 is 0 Å². The van der Waals surface area contributed by atoms with Crippen LogP contribution in [0.5, 0.6) is 0 Å². The van der Waals surface area contributed by atoms with Gasteiger partial charge in [0.25, 0.3) is 5.92 Å². The zero-order valence-electron chi connectivity index (χ0n) is 15.9. The lowest BCUT2D eigenvalue weighted by Gasteiger charge is -2.25. The molecule has 2 N–H and O–H groups in total. The van der Waals surface area contributed by atoms with Crippen LogP contribution in [-0.4, -0.2) is 50.2 Å². The number of anilines is 3. The van der Waals surface area contributed by atoms with Gasteiger partial charge < -0.3 is 15.5 Å². The van der Waals surface area contributed by atoms with E-state index in [0.717, 1.165) is 6.20 Å². The lowest BCUT2D eigenvalue weighted by Crippen LogP contribution is -2.45. The van der Waals surface area contributed by atoms with Crippen LogP contribution in [-0.2, 0) is 11.8 Å². The third kappa shape index (κ3) is 2.90. The number of aryl methyl sites for hydroxylation is 1. The summed E-state index contributed by atoms with van der Waals surface area (Å²) in [4.78, 5) is 22.2. The maximum atomic E-state index is 14.4. The highest BCUT2D eigenvalue weighted by Gasteiger charge is 2.70. The summed E-state index contributed by atoms with van der Waals surface area (Å²) in [6, 6.07) is 0. The maximum absolute atomic E-state index is 14.4. The Hall–Kier alpha value is -2.85. The molecule has 3 aliphatic rings. The molecule has 3 fully saturated rings. The Morgan fingerprint density at radius 2 is 2.10 bits per heavy atom. The van der Waals surface area contributed by atoms with Crippen molar-refractivity contribution in [2.75, 3.05) is 23.3 Å². The number of aromatic nitrogens is 4. The van der Waals surface area contributed by atoms with Gasteiger partial charge in [-0.25, -0.2) is 18.2 Å². The maximum Gasteiger partial charge on any atom is 0.260 e. The molecule has 2 aromatic rings. The first kappa shape index (κ1) is 18.2. The monoisotopic (exact) mass is 407 g/mol. The van der Waals surface area contributed by atoms with Crippen molar-refractivity contribution in [2.24, 2.45) is 24.8 Å². The third-order valence-electron chi connectivity index (χ3n) is 6.32. The number of amides is 1. The van der Waals surface area contributed by atoms with Crippen molar-refractivity contribution in [3.63, 3.8) is 0 Å². The average molecular weight is 407 g/mol. The van der Waals surface area contributed by atoms with Gasteiger partial charge in [-0.2, -0.15) is 10.1 Å². The predicted octanol–water partition coefficient (Wildman–Crippen LogP) is 1.69. The number of hydrogen-bond donors (Lipinski definition) is 2. The molecule has 11 heteroatoms. The van der Waals surface area contributed by atoms with Crippen LogP contribution in [0.3, 0.4) is 0 Å². The molecular formula is C18H20F3N7O. The van der Waals surface area contributed by atoms with Crippen LogP contribution in [0.2, 0.25) is 0 Å². The molecule has 4 atom stereocenters. The predicted molar refractivity (Wildman–Crippen MR) is 97.3 cm³/mol. The van der Waals surface area contributed by atoms with Gasteiger partial charge in [-0.1, -0.05) is 6.92 Å². The van der Waals surface area contributed by atoms with E-state index in [1.807, 2.05) is 6.92 Å². The molecule has 0 aromatic carbocycles. The summed E-state index contributed by atoms with van der Waals surface area (Å²) < 4.78 is 42.5. The van der Waals surface area contributed by atoms with Gasteiger partial charge in [0.15, 0.2) is 11.6 Å². The van der Waals surface area contributed by atoms with Crippen molar-refractivity contribution in [3.05, 3.63) is 24.4 Å². The molecule has 0 radical (unpaired) electrons. The number of hydrogen-bond acceptors (Lipinski definition) is 6. The molecule has 3 heterocycles. The first-order valence-corrected chi connectivity index (χ1v) is 9.42. The van der Waals surface area contributed by atoms with E-state index in [2.05, 4.69) is 25.7 Å². The second-order valence-electron chi connectivity index (χ2n) is 8.22. The number of rotatable bonds is 5. The summed E-state index contributed by atoms with van der Waals surface area (Å²) in [6.45, 7) is 2.78. The van der Waals surface area contributed by atoms with Crippen molar-refractivity contribution in [1.82, 2.24) is 25.1 Å². The first-order valence-electron chi connectivity index (χ1n) is 9.42. The summed E-state index contributed by atoms with van der Waals surface area (Å²) in [5, 5.41) is 9.83. The van der Waals surface area contributed by atoms with Crippen molar-refractivity contribution in [2.45, 2.75) is 24.8 Å². The molecule has 2 aliphatic carbocycles. The van der Waals surface area contributed by atoms with Gasteiger partial charge in [-0.15, -0.1) is 0 Å². The molecule has 29 heavy (non-hydrogen) atoms. The van der Waals surface area contributed by atoms with Crippen LogP contribution in [0.1, 0.15) is 13.3 Å². The number of nitrogens with zero attached hydrogens (tertiary/aromatic N) is 5. The minimum absolute atomic E-state index is 0.0721. The molecule has 0 unspecified atom stereocenters. The van der Waals surface area contributed by atoms with Crippen LogP contribution in [0.25, 0.3) is 0 Å². The number of fused-ring (bicyclic) bond motifs is 1. The number of carbonyl (C=O) groups is 1. The molecule has 0 bridgehead atoms. The molecule has 5 rings (SSSR count). The fourth-order valence-corrected chi connectivity index (χ4v) is 4.40. The molecular weight excluding hydrogens is 387 g/mol. The molecule has 8 nitrogen and oxygen atoms in total. The molecule has 154 valence electrons. The summed E-state index contributed by atoms with van der Waals surface area (Å²) >= 11 is 0. The quantitative estimate of drug-likeness (QED) is 0.784. The normalized spacial score (nSPS) is 31.3. The van der Waals surface area contributed by atoms with Crippen LogP contribution in [0, 0.1) is 23.6 Å². The number of halogens is 3. The summed E-state index contributed by atoms with van der Waals surface area (Å²) in [5.74, 6) is -4.78. The Labute approximate surface area is 164 Å². The van der Waals surface area contributed by atoms with Crippen LogP contribution in [0.15, 0.2) is 18.6 Å². The van der Waals surface area contributed by atoms with E-state index in [-0.39, 0.29) is 23.6 Å². The lowest BCUT2D eigenvalue weighted by atomic mass is 10.2. The van der Waals surface area contributed by atoms with Gasteiger partial charge in [0.2, 0.25) is 11.9 Å². The van der Waals surface area contributed by atoms with E-state index in [1.54, 1.807) is 29.0 Å². The number of alkyl halides is 2. The Balaban J connectivity index is 1.32. The zero-order chi connectivity index (χ0) is 20.6. The highest BCUT2D eigenvalue weighted by atomic mass is 19.3. The molecule has 1 saturated heterocycles. The Bertz CT molecular complexity index is 996. The van der Waals surface area contributed by atoms with Gasteiger partial charge in [-0.05, 0) is 5.92 Å². The largest absolute Gasteiger partial charge is 0.351 e. The van der Waals surface area contributed by atoms with Crippen molar-refractivity contribution < 1.29 is 18.0 Å². The Morgan fingerprint density at radius 3 is 2.76 bits per heavy atom. The zero-order valence-corrected chi connectivity index (χ0v) is 15.9. The standard InChI is InChI=1S/C18H20F3N7O/c1-9-12-7-28(8-17(9,12)26-15(29)11-3-18(11,20)21)14-13(19)5-22-16(25-14)24-10-4-23-27(2)6-10/h4-6,9,11-12H,3,7-8H2,1-2H3,(H,26,29)(H,22,24,25)/t9-,11+,12+,17-/m1/s1. The average Bonchev–Trinajstić information content (AvgIpc) is 3.24. The van der Waals surface area contributed by atoms with E-state index in [4.69, 9.17) is 0 Å². The Morgan fingerprint density at radius 1 is 1.34 bits per heavy atom. The summed E-state index contributed by atoms with van der Waals surface area (Å²) in [5.41, 5.74) is 0.0569.